The highest BCUT2D eigenvalue weighted by molar-refractivity contribution is 6.30. The highest BCUT2D eigenvalue weighted by Gasteiger charge is 2.34. The maximum Gasteiger partial charge on any atom is 0.244 e. The Kier molecular flexibility index (Phi) is 6.10. The second kappa shape index (κ2) is 9.12. The third kappa shape index (κ3) is 4.15. The lowest BCUT2D eigenvalue weighted by molar-refractivity contribution is 0.211. The maximum absolute atomic E-state index is 9.71. The Morgan fingerprint density at radius 3 is 2.62 bits per heavy atom. The molecule has 2 aromatic carbocycles. The molecule has 1 aliphatic rings. The number of nitriles is 1. The van der Waals surface area contributed by atoms with Gasteiger partial charge in [0.1, 0.15) is 30.6 Å². The number of aromatic amines is 1. The van der Waals surface area contributed by atoms with Crippen molar-refractivity contribution in [2.24, 2.45) is 5.73 Å². The van der Waals surface area contributed by atoms with Crippen molar-refractivity contribution in [3.63, 3.8) is 0 Å². The molecule has 9 heteroatoms. The van der Waals surface area contributed by atoms with Gasteiger partial charge >= 0.3 is 0 Å². The van der Waals surface area contributed by atoms with Gasteiger partial charge in [-0.25, -0.2) is 0 Å². The van der Waals surface area contributed by atoms with Gasteiger partial charge in [-0.3, -0.25) is 5.10 Å². The fourth-order valence-corrected chi connectivity index (χ4v) is 3.68. The van der Waals surface area contributed by atoms with Crippen LogP contribution in [0.15, 0.2) is 53.9 Å². The summed E-state index contributed by atoms with van der Waals surface area (Å²) in [5.74, 6) is 1.76. The van der Waals surface area contributed by atoms with Crippen molar-refractivity contribution in [1.82, 2.24) is 10.2 Å². The van der Waals surface area contributed by atoms with Gasteiger partial charge in [-0.1, -0.05) is 17.7 Å². The fourth-order valence-electron chi connectivity index (χ4n) is 3.56. The number of benzene rings is 2. The van der Waals surface area contributed by atoms with Crippen molar-refractivity contribution >= 4 is 11.6 Å². The number of fused-ring (bicyclic) bond motifs is 1. The molecule has 4 rings (SSSR count). The van der Waals surface area contributed by atoms with Crippen LogP contribution in [0.5, 0.6) is 23.1 Å². The molecule has 2 heterocycles. The fraction of sp³-hybridized carbons (Fsp3) is 0.217. The molecule has 0 fully saturated rings. The number of aryl methyl sites for hydroxylation is 1. The molecule has 0 bridgehead atoms. The van der Waals surface area contributed by atoms with Crippen LogP contribution in [0.4, 0.5) is 0 Å². The zero-order valence-electron chi connectivity index (χ0n) is 17.5. The van der Waals surface area contributed by atoms with Gasteiger partial charge in [0.2, 0.25) is 11.8 Å². The van der Waals surface area contributed by atoms with Crippen LogP contribution in [0, 0.1) is 18.3 Å². The Morgan fingerprint density at radius 1 is 1.16 bits per heavy atom. The molecule has 0 aliphatic carbocycles. The van der Waals surface area contributed by atoms with Crippen molar-refractivity contribution in [3.05, 3.63) is 75.8 Å². The normalized spacial score (nSPS) is 14.9. The predicted octanol–water partition coefficient (Wildman–Crippen LogP) is 4.06. The number of nitrogens with two attached hydrogens (primary N) is 1. The lowest BCUT2D eigenvalue weighted by Gasteiger charge is -2.24. The summed E-state index contributed by atoms with van der Waals surface area (Å²) in [6, 6.07) is 14.8. The smallest absolute Gasteiger partial charge is 0.244 e. The molecule has 3 N–H and O–H groups in total. The number of rotatable bonds is 7. The second-order valence-electron chi connectivity index (χ2n) is 7.05. The number of allylic oxidation sites excluding steroid dienone is 1. The minimum Gasteiger partial charge on any atom is -0.493 e. The largest absolute Gasteiger partial charge is 0.493 e. The quantitative estimate of drug-likeness (QED) is 0.519. The summed E-state index contributed by atoms with van der Waals surface area (Å²) in [4.78, 5) is 0. The summed E-state index contributed by atoms with van der Waals surface area (Å²) >= 11 is 5.88. The van der Waals surface area contributed by atoms with E-state index in [0.29, 0.717) is 46.9 Å². The van der Waals surface area contributed by atoms with E-state index in [2.05, 4.69) is 16.3 Å². The number of hydrogen-bond donors (Lipinski definition) is 2. The molecule has 164 valence electrons. The molecule has 0 spiro atoms. The maximum atomic E-state index is 9.71. The van der Waals surface area contributed by atoms with Crippen LogP contribution in [0.2, 0.25) is 5.02 Å². The first-order valence-electron chi connectivity index (χ1n) is 9.83. The Labute approximate surface area is 190 Å². The number of nitrogens with one attached hydrogen (secondary N) is 1. The van der Waals surface area contributed by atoms with E-state index in [1.54, 1.807) is 37.4 Å². The SMILES string of the molecule is COc1cc(C2C(C#N)=C(N)Oc3n[nH]c(C)c32)ccc1OCCOc1ccc(Cl)cc1. The molecule has 1 aromatic heterocycles. The first-order chi connectivity index (χ1) is 15.5. The molecule has 1 unspecified atom stereocenters. The van der Waals surface area contributed by atoms with Gasteiger partial charge in [-0.15, -0.1) is 5.10 Å². The van der Waals surface area contributed by atoms with Gasteiger partial charge in [0.25, 0.3) is 0 Å². The Bertz CT molecular complexity index is 1200. The minimum atomic E-state index is -0.432. The summed E-state index contributed by atoms with van der Waals surface area (Å²) in [6.45, 7) is 2.53. The first-order valence-corrected chi connectivity index (χ1v) is 10.2. The molecule has 8 nitrogen and oxygen atoms in total. The highest BCUT2D eigenvalue weighted by atomic mass is 35.5. The number of ether oxygens (including phenoxy) is 4. The minimum absolute atomic E-state index is 0.0372. The molecule has 32 heavy (non-hydrogen) atoms. The van der Waals surface area contributed by atoms with Crippen molar-refractivity contribution in [2.75, 3.05) is 20.3 Å². The average Bonchev–Trinajstić information content (AvgIpc) is 3.17. The van der Waals surface area contributed by atoms with Crippen molar-refractivity contribution < 1.29 is 18.9 Å². The van der Waals surface area contributed by atoms with E-state index in [1.165, 1.54) is 0 Å². The van der Waals surface area contributed by atoms with Gasteiger partial charge in [-0.05, 0) is 48.9 Å². The van der Waals surface area contributed by atoms with Crippen molar-refractivity contribution in [1.29, 1.82) is 5.26 Å². The van der Waals surface area contributed by atoms with Crippen LogP contribution in [-0.4, -0.2) is 30.5 Å². The van der Waals surface area contributed by atoms with E-state index in [1.807, 2.05) is 19.1 Å². The molecule has 0 saturated heterocycles. The van der Waals surface area contributed by atoms with Crippen LogP contribution >= 0.6 is 11.6 Å². The summed E-state index contributed by atoms with van der Waals surface area (Å²) in [5.41, 5.74) is 8.66. The van der Waals surface area contributed by atoms with Crippen LogP contribution in [0.1, 0.15) is 22.7 Å². The van der Waals surface area contributed by atoms with Gasteiger partial charge in [0.15, 0.2) is 11.5 Å². The van der Waals surface area contributed by atoms with Gasteiger partial charge in [-0.2, -0.15) is 5.26 Å². The summed E-state index contributed by atoms with van der Waals surface area (Å²) in [7, 11) is 1.56. The zero-order chi connectivity index (χ0) is 22.7. The summed E-state index contributed by atoms with van der Waals surface area (Å²) in [6.07, 6.45) is 0. The molecule has 0 radical (unpaired) electrons. The van der Waals surface area contributed by atoms with Crippen LogP contribution in [0.3, 0.4) is 0 Å². The third-order valence-corrected chi connectivity index (χ3v) is 5.33. The first kappa shape index (κ1) is 21.4. The van der Waals surface area contributed by atoms with E-state index in [4.69, 9.17) is 36.3 Å². The number of halogens is 1. The lowest BCUT2D eigenvalue weighted by Crippen LogP contribution is -2.21. The summed E-state index contributed by atoms with van der Waals surface area (Å²) < 4.78 is 22.5. The van der Waals surface area contributed by atoms with Crippen LogP contribution in [-0.2, 0) is 0 Å². The zero-order valence-corrected chi connectivity index (χ0v) is 18.3. The van der Waals surface area contributed by atoms with E-state index < -0.39 is 5.92 Å². The highest BCUT2D eigenvalue weighted by Crippen LogP contribution is 2.44. The number of H-pyrrole nitrogens is 1. The van der Waals surface area contributed by atoms with E-state index in [0.717, 1.165) is 16.8 Å². The molecule has 1 aliphatic heterocycles. The number of nitrogens with zero attached hydrogens (tertiary/aromatic N) is 2. The average molecular weight is 453 g/mol. The Balaban J connectivity index is 1.52. The molecule has 3 aromatic rings. The second-order valence-corrected chi connectivity index (χ2v) is 7.49. The number of aromatic nitrogens is 2. The molecule has 1 atom stereocenters. The molecule has 0 amide bonds. The van der Waals surface area contributed by atoms with E-state index in [9.17, 15) is 5.26 Å². The van der Waals surface area contributed by atoms with E-state index in [-0.39, 0.29) is 5.88 Å². The number of hydrogen-bond acceptors (Lipinski definition) is 7. The van der Waals surface area contributed by atoms with Gasteiger partial charge in [0.05, 0.1) is 13.0 Å². The van der Waals surface area contributed by atoms with Crippen LogP contribution < -0.4 is 24.7 Å². The van der Waals surface area contributed by atoms with Gasteiger partial charge < -0.3 is 24.7 Å². The van der Waals surface area contributed by atoms with Crippen molar-refractivity contribution in [2.45, 2.75) is 12.8 Å². The Hall–Kier alpha value is -3.83. The topological polar surface area (TPSA) is 115 Å². The summed E-state index contributed by atoms with van der Waals surface area (Å²) in [5, 5.41) is 17.4. The predicted molar refractivity (Wildman–Crippen MR) is 118 cm³/mol. The Morgan fingerprint density at radius 2 is 1.91 bits per heavy atom. The monoisotopic (exact) mass is 452 g/mol. The number of methoxy groups -OCH3 is 1. The van der Waals surface area contributed by atoms with Gasteiger partial charge in [0, 0.05) is 16.3 Å². The molecular weight excluding hydrogens is 432 g/mol. The van der Waals surface area contributed by atoms with Crippen LogP contribution in [0.25, 0.3) is 0 Å². The third-order valence-electron chi connectivity index (χ3n) is 5.07. The van der Waals surface area contributed by atoms with E-state index >= 15 is 0 Å². The lowest BCUT2D eigenvalue weighted by atomic mass is 9.84. The standard InChI is InChI=1S/C23H21ClN4O4/c1-13-20-21(17(12-25)22(26)32-23(20)28-27-13)14-3-8-18(19(11-14)29-2)31-10-9-30-16-6-4-15(24)5-7-16/h3-8,11,21H,9-10,26H2,1-2H3,(H,27,28). The van der Waals surface area contributed by atoms with Crippen molar-refractivity contribution in [3.8, 4) is 29.2 Å². The molecular formula is C23H21ClN4O4. The molecule has 0 saturated carbocycles.